The van der Waals surface area contributed by atoms with Crippen LogP contribution in [0.1, 0.15) is 34.3 Å². The Balaban J connectivity index is 1.76. The first kappa shape index (κ1) is 22.1. The van der Waals surface area contributed by atoms with Crippen LogP contribution in [-0.4, -0.2) is 30.9 Å². The SMILES string of the molecule is CN1CCCC(NC(=O)c2ccc(C(F)(F)F)cc2-c2ccccc2)(c2ccccc2)C1. The average Bonchev–Trinajstić information content (AvgIpc) is 2.79. The zero-order chi connectivity index (χ0) is 22.8. The molecule has 3 nitrogen and oxygen atoms in total. The third kappa shape index (κ3) is 4.55. The number of rotatable bonds is 4. The summed E-state index contributed by atoms with van der Waals surface area (Å²) in [7, 11) is 2.01. The molecule has 32 heavy (non-hydrogen) atoms. The maximum atomic E-state index is 13.5. The topological polar surface area (TPSA) is 32.3 Å². The highest BCUT2D eigenvalue weighted by Crippen LogP contribution is 2.36. The van der Waals surface area contributed by atoms with Crippen LogP contribution in [0.3, 0.4) is 0 Å². The van der Waals surface area contributed by atoms with Crippen LogP contribution in [-0.2, 0) is 11.7 Å². The molecule has 1 saturated heterocycles. The first-order chi connectivity index (χ1) is 15.3. The number of likely N-dealkylation sites (tertiary alicyclic amines) is 1. The largest absolute Gasteiger partial charge is 0.416 e. The van der Waals surface area contributed by atoms with Crippen LogP contribution in [0.25, 0.3) is 11.1 Å². The van der Waals surface area contributed by atoms with E-state index in [0.717, 1.165) is 37.1 Å². The lowest BCUT2D eigenvalue weighted by molar-refractivity contribution is -0.137. The number of amides is 1. The Bertz CT molecular complexity index is 1080. The predicted octanol–water partition coefficient (Wildman–Crippen LogP) is 5.72. The molecule has 0 spiro atoms. The molecule has 3 aromatic rings. The molecule has 0 aromatic heterocycles. The fraction of sp³-hybridized carbons (Fsp3) is 0.269. The van der Waals surface area contributed by atoms with Gasteiger partial charge in [-0.2, -0.15) is 13.2 Å². The standard InChI is InChI=1S/C26H25F3N2O/c1-31-16-8-15-25(18-31,20-11-6-3-7-12-20)30-24(32)22-14-13-21(26(27,28)29)17-23(22)19-9-4-2-5-10-19/h2-7,9-14,17H,8,15-16,18H2,1H3,(H,30,32). The van der Waals surface area contributed by atoms with Crippen LogP contribution >= 0.6 is 0 Å². The van der Waals surface area contributed by atoms with Crippen molar-refractivity contribution in [1.82, 2.24) is 10.2 Å². The fourth-order valence-electron chi connectivity index (χ4n) is 4.50. The predicted molar refractivity (Wildman–Crippen MR) is 119 cm³/mol. The van der Waals surface area contributed by atoms with Gasteiger partial charge in [-0.15, -0.1) is 0 Å². The van der Waals surface area contributed by atoms with Crippen LogP contribution in [0.2, 0.25) is 0 Å². The molecule has 1 aliphatic rings. The van der Waals surface area contributed by atoms with E-state index in [1.807, 2.05) is 37.4 Å². The van der Waals surface area contributed by atoms with Crippen molar-refractivity contribution in [2.75, 3.05) is 20.1 Å². The molecule has 0 saturated carbocycles. The van der Waals surface area contributed by atoms with Crippen LogP contribution in [0, 0.1) is 0 Å². The molecule has 6 heteroatoms. The van der Waals surface area contributed by atoms with Gasteiger partial charge in [0.05, 0.1) is 11.1 Å². The number of alkyl halides is 3. The molecule has 0 bridgehead atoms. The zero-order valence-corrected chi connectivity index (χ0v) is 17.8. The van der Waals surface area contributed by atoms with Crippen molar-refractivity contribution in [3.63, 3.8) is 0 Å². The smallest absolute Gasteiger partial charge is 0.341 e. The molecule has 4 rings (SSSR count). The van der Waals surface area contributed by atoms with Gasteiger partial charge < -0.3 is 10.2 Å². The Morgan fingerprint density at radius 2 is 1.62 bits per heavy atom. The first-order valence-corrected chi connectivity index (χ1v) is 10.6. The number of carbonyl (C=O) groups is 1. The van der Waals surface area contributed by atoms with Crippen molar-refractivity contribution in [3.8, 4) is 11.1 Å². The minimum absolute atomic E-state index is 0.229. The summed E-state index contributed by atoms with van der Waals surface area (Å²) in [6.45, 7) is 1.56. The van der Waals surface area contributed by atoms with Crippen molar-refractivity contribution < 1.29 is 18.0 Å². The van der Waals surface area contributed by atoms with Gasteiger partial charge in [-0.25, -0.2) is 0 Å². The van der Waals surface area contributed by atoms with Gasteiger partial charge in [0.2, 0.25) is 0 Å². The Labute approximate surface area is 185 Å². The number of hydrogen-bond acceptors (Lipinski definition) is 2. The summed E-state index contributed by atoms with van der Waals surface area (Å²) in [4.78, 5) is 15.7. The summed E-state index contributed by atoms with van der Waals surface area (Å²) in [5.74, 6) is -0.378. The molecule has 0 aliphatic carbocycles. The first-order valence-electron chi connectivity index (χ1n) is 10.6. The molecular weight excluding hydrogens is 413 g/mol. The molecule has 0 radical (unpaired) electrons. The van der Waals surface area contributed by atoms with Crippen molar-refractivity contribution in [3.05, 3.63) is 95.6 Å². The van der Waals surface area contributed by atoms with Crippen molar-refractivity contribution in [2.45, 2.75) is 24.6 Å². The van der Waals surface area contributed by atoms with E-state index in [-0.39, 0.29) is 17.0 Å². The van der Waals surface area contributed by atoms with Crippen molar-refractivity contribution in [1.29, 1.82) is 0 Å². The van der Waals surface area contributed by atoms with E-state index in [0.29, 0.717) is 12.1 Å². The van der Waals surface area contributed by atoms with Gasteiger partial charge in [-0.1, -0.05) is 60.7 Å². The number of halogens is 3. The summed E-state index contributed by atoms with van der Waals surface area (Å²) in [5.41, 5.74) is 0.676. The maximum Gasteiger partial charge on any atom is 0.416 e. The Morgan fingerprint density at radius 1 is 0.969 bits per heavy atom. The second-order valence-electron chi connectivity index (χ2n) is 8.37. The van der Waals surface area contributed by atoms with Crippen LogP contribution in [0.4, 0.5) is 13.2 Å². The number of carbonyl (C=O) groups excluding carboxylic acids is 1. The number of piperidine rings is 1. The summed E-state index contributed by atoms with van der Waals surface area (Å²) in [6, 6.07) is 21.8. The quantitative estimate of drug-likeness (QED) is 0.565. The lowest BCUT2D eigenvalue weighted by Crippen LogP contribution is -2.55. The van der Waals surface area contributed by atoms with Crippen LogP contribution in [0.15, 0.2) is 78.9 Å². The van der Waals surface area contributed by atoms with Gasteiger partial charge in [0.25, 0.3) is 5.91 Å². The van der Waals surface area contributed by atoms with Gasteiger partial charge >= 0.3 is 6.18 Å². The molecule has 1 amide bonds. The Kier molecular flexibility index (Phi) is 6.07. The Hall–Kier alpha value is -3.12. The molecule has 3 aromatic carbocycles. The van der Waals surface area contributed by atoms with Crippen LogP contribution in [0.5, 0.6) is 0 Å². The van der Waals surface area contributed by atoms with E-state index in [9.17, 15) is 18.0 Å². The van der Waals surface area contributed by atoms with Gasteiger partial charge in [0.15, 0.2) is 0 Å². The van der Waals surface area contributed by atoms with Gasteiger partial charge in [0, 0.05) is 12.1 Å². The minimum atomic E-state index is -4.49. The van der Waals surface area contributed by atoms with E-state index in [4.69, 9.17) is 0 Å². The van der Waals surface area contributed by atoms with Crippen molar-refractivity contribution in [2.24, 2.45) is 0 Å². The van der Waals surface area contributed by atoms with E-state index in [2.05, 4.69) is 10.2 Å². The number of benzene rings is 3. The molecule has 1 aliphatic heterocycles. The zero-order valence-electron chi connectivity index (χ0n) is 17.8. The monoisotopic (exact) mass is 438 g/mol. The molecule has 1 atom stereocenters. The maximum absolute atomic E-state index is 13.5. The second kappa shape index (κ2) is 8.79. The molecule has 166 valence electrons. The molecule has 1 fully saturated rings. The molecule has 1 heterocycles. The highest BCUT2D eigenvalue weighted by atomic mass is 19.4. The summed E-state index contributed by atoms with van der Waals surface area (Å²) in [5, 5.41) is 3.20. The highest BCUT2D eigenvalue weighted by molar-refractivity contribution is 6.01. The lowest BCUT2D eigenvalue weighted by Gasteiger charge is -2.42. The van der Waals surface area contributed by atoms with Gasteiger partial charge in [0.1, 0.15) is 0 Å². The van der Waals surface area contributed by atoms with Crippen LogP contribution < -0.4 is 5.32 Å². The van der Waals surface area contributed by atoms with E-state index < -0.39 is 17.3 Å². The summed E-state index contributed by atoms with van der Waals surface area (Å²) < 4.78 is 40.2. The highest BCUT2D eigenvalue weighted by Gasteiger charge is 2.38. The van der Waals surface area contributed by atoms with E-state index >= 15 is 0 Å². The average molecular weight is 438 g/mol. The molecule has 1 unspecified atom stereocenters. The number of likely N-dealkylation sites (N-methyl/N-ethyl adjacent to an activating group) is 1. The Morgan fingerprint density at radius 3 is 2.25 bits per heavy atom. The lowest BCUT2D eigenvalue weighted by atomic mass is 9.81. The molecular formula is C26H25F3N2O. The summed E-state index contributed by atoms with van der Waals surface area (Å²) in [6.07, 6.45) is -2.82. The van der Waals surface area contributed by atoms with E-state index in [1.54, 1.807) is 30.3 Å². The van der Waals surface area contributed by atoms with Gasteiger partial charge in [-0.05, 0) is 61.3 Å². The molecule has 1 N–H and O–H groups in total. The second-order valence-corrected chi connectivity index (χ2v) is 8.37. The summed E-state index contributed by atoms with van der Waals surface area (Å²) >= 11 is 0. The number of nitrogens with zero attached hydrogens (tertiary/aromatic N) is 1. The van der Waals surface area contributed by atoms with Gasteiger partial charge in [-0.3, -0.25) is 4.79 Å². The third-order valence-electron chi connectivity index (χ3n) is 6.04. The van der Waals surface area contributed by atoms with Crippen molar-refractivity contribution >= 4 is 5.91 Å². The third-order valence-corrected chi connectivity index (χ3v) is 6.04. The number of nitrogens with one attached hydrogen (secondary N) is 1. The minimum Gasteiger partial charge on any atom is -0.341 e. The normalized spacial score (nSPS) is 19.5. The van der Waals surface area contributed by atoms with E-state index in [1.165, 1.54) is 6.07 Å². The fourth-order valence-corrected chi connectivity index (χ4v) is 4.50. The number of hydrogen-bond donors (Lipinski definition) is 1.